The maximum absolute atomic E-state index is 13.0. The largest absolute Gasteiger partial charge is 0.469 e. The van der Waals surface area contributed by atoms with E-state index in [-0.39, 0.29) is 23.6 Å². The van der Waals surface area contributed by atoms with Gasteiger partial charge in [-0.15, -0.1) is 11.3 Å². The number of esters is 1. The molecule has 6 heteroatoms. The summed E-state index contributed by atoms with van der Waals surface area (Å²) in [5, 5.41) is 0. The number of ether oxygens (including phenoxy) is 1. The van der Waals surface area contributed by atoms with E-state index in [9.17, 15) is 14.0 Å². The zero-order valence-corrected chi connectivity index (χ0v) is 14.7. The lowest BCUT2D eigenvalue weighted by Gasteiger charge is -2.22. The van der Waals surface area contributed by atoms with E-state index >= 15 is 0 Å². The van der Waals surface area contributed by atoms with Crippen LogP contribution in [0.5, 0.6) is 0 Å². The Morgan fingerprint density at radius 1 is 1.21 bits per heavy atom. The van der Waals surface area contributed by atoms with Crippen LogP contribution in [0.2, 0.25) is 0 Å². The van der Waals surface area contributed by atoms with Crippen LogP contribution < -0.4 is 0 Å². The second kappa shape index (κ2) is 8.06. The molecule has 1 heterocycles. The molecule has 1 atom stereocenters. The molecule has 4 nitrogen and oxygen atoms in total. The highest BCUT2D eigenvalue weighted by Crippen LogP contribution is 2.29. The van der Waals surface area contributed by atoms with Gasteiger partial charge < -0.3 is 9.64 Å². The van der Waals surface area contributed by atoms with E-state index in [4.69, 9.17) is 4.74 Å². The van der Waals surface area contributed by atoms with Crippen molar-refractivity contribution in [1.82, 2.24) is 4.90 Å². The number of hydrogen-bond acceptors (Lipinski definition) is 4. The highest BCUT2D eigenvalue weighted by Gasteiger charge is 2.22. The average Bonchev–Trinajstić information content (AvgIpc) is 3.08. The van der Waals surface area contributed by atoms with Gasteiger partial charge in [0, 0.05) is 18.0 Å². The molecule has 2 aromatic rings. The van der Waals surface area contributed by atoms with Crippen molar-refractivity contribution in [3.8, 4) is 10.4 Å². The van der Waals surface area contributed by atoms with E-state index in [1.54, 1.807) is 30.0 Å². The summed E-state index contributed by atoms with van der Waals surface area (Å²) in [5.74, 6) is -1.12. The summed E-state index contributed by atoms with van der Waals surface area (Å²) < 4.78 is 17.7. The fourth-order valence-electron chi connectivity index (χ4n) is 2.34. The second-order valence-electron chi connectivity index (χ2n) is 5.44. The Morgan fingerprint density at radius 3 is 2.46 bits per heavy atom. The molecule has 0 aliphatic heterocycles. The molecule has 1 amide bonds. The number of hydrogen-bond donors (Lipinski definition) is 0. The Labute approximate surface area is 144 Å². The normalized spacial score (nSPS) is 11.8. The molecule has 0 spiro atoms. The van der Waals surface area contributed by atoms with Gasteiger partial charge in [0.2, 0.25) is 0 Å². The quantitative estimate of drug-likeness (QED) is 0.745. The summed E-state index contributed by atoms with van der Waals surface area (Å²) >= 11 is 1.36. The lowest BCUT2D eigenvalue weighted by Crippen LogP contribution is -2.36. The Balaban J connectivity index is 2.13. The summed E-state index contributed by atoms with van der Waals surface area (Å²) in [4.78, 5) is 27.3. The van der Waals surface area contributed by atoms with Gasteiger partial charge in [-0.05, 0) is 36.8 Å². The highest BCUT2D eigenvalue weighted by molar-refractivity contribution is 7.17. The molecule has 1 unspecified atom stereocenters. The van der Waals surface area contributed by atoms with Crippen LogP contribution in [0.1, 0.15) is 23.5 Å². The molecular formula is C18H20FNO3S. The molecule has 0 saturated heterocycles. The molecule has 0 saturated carbocycles. The molecular weight excluding hydrogens is 329 g/mol. The van der Waals surface area contributed by atoms with E-state index in [1.165, 1.54) is 30.6 Å². The molecule has 2 rings (SSSR count). The third-order valence-electron chi connectivity index (χ3n) is 3.71. The smallest absolute Gasteiger partial charge is 0.310 e. The minimum atomic E-state index is -0.379. The number of rotatable bonds is 6. The van der Waals surface area contributed by atoms with Gasteiger partial charge in [0.05, 0.1) is 17.9 Å². The predicted molar refractivity (Wildman–Crippen MR) is 92.5 cm³/mol. The van der Waals surface area contributed by atoms with E-state index in [0.29, 0.717) is 18.0 Å². The summed E-state index contributed by atoms with van der Waals surface area (Å²) in [5.41, 5.74) is 0.867. The topological polar surface area (TPSA) is 46.6 Å². The number of thiophene rings is 1. The van der Waals surface area contributed by atoms with Crippen LogP contribution in [0.25, 0.3) is 10.4 Å². The molecule has 0 radical (unpaired) electrons. The van der Waals surface area contributed by atoms with Crippen LogP contribution in [0, 0.1) is 11.7 Å². The Kier molecular flexibility index (Phi) is 6.09. The zero-order valence-electron chi connectivity index (χ0n) is 13.9. The van der Waals surface area contributed by atoms with Gasteiger partial charge in [0.15, 0.2) is 0 Å². The molecule has 0 aliphatic carbocycles. The fourth-order valence-corrected chi connectivity index (χ4v) is 3.32. The standard InChI is InChI=1S/C18H20FNO3S/c1-4-20(11-12(2)18(22)23-3)17(21)16-10-9-15(24-16)13-5-7-14(19)8-6-13/h5-10,12H,4,11H2,1-3H3. The lowest BCUT2D eigenvalue weighted by molar-refractivity contribution is -0.145. The monoisotopic (exact) mass is 349 g/mol. The molecule has 128 valence electrons. The first-order valence-corrected chi connectivity index (χ1v) is 8.50. The van der Waals surface area contributed by atoms with Crippen molar-refractivity contribution in [3.63, 3.8) is 0 Å². The maximum atomic E-state index is 13.0. The van der Waals surface area contributed by atoms with Gasteiger partial charge in [-0.1, -0.05) is 19.1 Å². The van der Waals surface area contributed by atoms with Crippen LogP contribution in [-0.4, -0.2) is 37.0 Å². The number of halogens is 1. The molecule has 0 aliphatic rings. The van der Waals surface area contributed by atoms with E-state index in [2.05, 4.69) is 0 Å². The fraction of sp³-hybridized carbons (Fsp3) is 0.333. The second-order valence-corrected chi connectivity index (χ2v) is 6.52. The maximum Gasteiger partial charge on any atom is 0.310 e. The first kappa shape index (κ1) is 18.1. The highest BCUT2D eigenvalue weighted by atomic mass is 32.1. The van der Waals surface area contributed by atoms with Crippen LogP contribution in [0.15, 0.2) is 36.4 Å². The van der Waals surface area contributed by atoms with Gasteiger partial charge in [0.1, 0.15) is 5.82 Å². The number of benzene rings is 1. The van der Waals surface area contributed by atoms with Gasteiger partial charge in [0.25, 0.3) is 5.91 Å². The minimum Gasteiger partial charge on any atom is -0.469 e. The number of carbonyl (C=O) groups is 2. The first-order chi connectivity index (χ1) is 11.5. The molecule has 1 aromatic heterocycles. The van der Waals surface area contributed by atoms with E-state index in [1.807, 2.05) is 13.0 Å². The predicted octanol–water partition coefficient (Wildman–Crippen LogP) is 3.83. The average molecular weight is 349 g/mol. The van der Waals surface area contributed by atoms with Crippen molar-refractivity contribution < 1.29 is 18.7 Å². The van der Waals surface area contributed by atoms with Crippen molar-refractivity contribution in [3.05, 3.63) is 47.1 Å². The van der Waals surface area contributed by atoms with Gasteiger partial charge in [-0.3, -0.25) is 9.59 Å². The van der Waals surface area contributed by atoms with Crippen molar-refractivity contribution in [2.24, 2.45) is 5.92 Å². The summed E-state index contributed by atoms with van der Waals surface area (Å²) in [6.07, 6.45) is 0. The van der Waals surface area contributed by atoms with Crippen LogP contribution >= 0.6 is 11.3 Å². The third kappa shape index (κ3) is 4.20. The molecule has 0 bridgehead atoms. The van der Waals surface area contributed by atoms with E-state index in [0.717, 1.165) is 10.4 Å². The number of nitrogens with zero attached hydrogens (tertiary/aromatic N) is 1. The summed E-state index contributed by atoms with van der Waals surface area (Å²) in [6, 6.07) is 9.78. The van der Waals surface area contributed by atoms with Crippen molar-refractivity contribution in [1.29, 1.82) is 0 Å². The van der Waals surface area contributed by atoms with Gasteiger partial charge in [-0.25, -0.2) is 4.39 Å². The zero-order chi connectivity index (χ0) is 17.7. The molecule has 24 heavy (non-hydrogen) atoms. The lowest BCUT2D eigenvalue weighted by atomic mass is 10.1. The van der Waals surface area contributed by atoms with Gasteiger partial charge >= 0.3 is 5.97 Å². The van der Waals surface area contributed by atoms with Crippen molar-refractivity contribution >= 4 is 23.2 Å². The Hall–Kier alpha value is -2.21. The molecule has 1 aromatic carbocycles. The number of amides is 1. The van der Waals surface area contributed by atoms with Crippen molar-refractivity contribution in [2.45, 2.75) is 13.8 Å². The van der Waals surface area contributed by atoms with Crippen LogP contribution in [0.3, 0.4) is 0 Å². The Bertz CT molecular complexity index is 711. The summed E-state index contributed by atoms with van der Waals surface area (Å²) in [7, 11) is 1.34. The van der Waals surface area contributed by atoms with Crippen LogP contribution in [0.4, 0.5) is 4.39 Å². The van der Waals surface area contributed by atoms with Crippen molar-refractivity contribution in [2.75, 3.05) is 20.2 Å². The number of methoxy groups -OCH3 is 1. The number of carbonyl (C=O) groups excluding carboxylic acids is 2. The molecule has 0 N–H and O–H groups in total. The summed E-state index contributed by atoms with van der Waals surface area (Å²) in [6.45, 7) is 4.42. The Morgan fingerprint density at radius 2 is 1.88 bits per heavy atom. The first-order valence-electron chi connectivity index (χ1n) is 7.69. The SMILES string of the molecule is CCN(CC(C)C(=O)OC)C(=O)c1ccc(-c2ccc(F)cc2)s1. The van der Waals surface area contributed by atoms with E-state index < -0.39 is 0 Å². The molecule has 0 fully saturated rings. The third-order valence-corrected chi connectivity index (χ3v) is 4.83. The van der Waals surface area contributed by atoms with Gasteiger partial charge in [-0.2, -0.15) is 0 Å². The minimum absolute atomic E-state index is 0.119. The van der Waals surface area contributed by atoms with Crippen LogP contribution in [-0.2, 0) is 9.53 Å².